The maximum atomic E-state index is 11.5. The average molecular weight is 612 g/mol. The molecule has 13 nitrogen and oxygen atoms in total. The van der Waals surface area contributed by atoms with Crippen molar-refractivity contribution < 1.29 is 9.90 Å². The Morgan fingerprint density at radius 3 is 2.23 bits per heavy atom. The first-order valence-corrected chi connectivity index (χ1v) is 14.3. The number of rotatable bonds is 6. The Hall–Kier alpha value is -5.28. The average Bonchev–Trinajstić information content (AvgIpc) is 3.61. The van der Waals surface area contributed by atoms with Crippen LogP contribution in [0.25, 0.3) is 44.8 Å². The summed E-state index contributed by atoms with van der Waals surface area (Å²) >= 11 is 6.20. The number of carboxylic acid groups (broad SMARTS) is 1. The molecule has 0 aliphatic carbocycles. The van der Waals surface area contributed by atoms with Crippen LogP contribution in [0.2, 0.25) is 0 Å². The third-order valence-electron chi connectivity index (χ3n) is 6.26. The summed E-state index contributed by atoms with van der Waals surface area (Å²) in [6.07, 6.45) is 5.20. The highest BCUT2D eigenvalue weighted by molar-refractivity contribution is 7.98. The summed E-state index contributed by atoms with van der Waals surface area (Å²) in [5.74, 6) is 0.248. The van der Waals surface area contributed by atoms with E-state index >= 15 is 0 Å². The molecule has 2 aromatic carbocycles. The van der Waals surface area contributed by atoms with Gasteiger partial charge in [-0.1, -0.05) is 48.2 Å². The summed E-state index contributed by atoms with van der Waals surface area (Å²) in [6, 6.07) is 18.4. The predicted octanol–water partition coefficient (Wildman–Crippen LogP) is 3.65. The highest BCUT2D eigenvalue weighted by Gasteiger charge is 2.17. The minimum Gasteiger partial charge on any atom is -0.478 e. The smallest absolute Gasteiger partial charge is 0.336 e. The molecular weight excluding hydrogens is 587 g/mol. The number of nitrogens with zero attached hydrogens (tertiary/aromatic N) is 9. The fourth-order valence-electron chi connectivity index (χ4n) is 4.29. The van der Waals surface area contributed by atoms with Gasteiger partial charge in [-0.05, 0) is 42.7 Å². The molecule has 6 aromatic rings. The Labute approximate surface area is 254 Å². The topological polar surface area (TPSA) is 175 Å². The molecule has 4 heterocycles. The first-order chi connectivity index (χ1) is 20.8. The molecule has 216 valence electrons. The maximum Gasteiger partial charge on any atom is 0.336 e. The van der Waals surface area contributed by atoms with Gasteiger partial charge in [0, 0.05) is 30.4 Å². The molecular formula is C28H25N11O2S2. The third-order valence-corrected chi connectivity index (χ3v) is 7.07. The van der Waals surface area contributed by atoms with E-state index in [1.54, 1.807) is 41.4 Å². The van der Waals surface area contributed by atoms with Gasteiger partial charge in [0.05, 0.1) is 22.8 Å². The molecule has 0 radical (unpaired) electrons. The van der Waals surface area contributed by atoms with Crippen LogP contribution in [0.3, 0.4) is 0 Å². The minimum absolute atomic E-state index is 0.114. The van der Waals surface area contributed by atoms with Crippen molar-refractivity contribution in [3.63, 3.8) is 0 Å². The zero-order valence-corrected chi connectivity index (χ0v) is 24.8. The largest absolute Gasteiger partial charge is 0.478 e. The molecule has 43 heavy (non-hydrogen) atoms. The number of benzene rings is 2. The van der Waals surface area contributed by atoms with Gasteiger partial charge in [-0.15, -0.1) is 20.4 Å². The van der Waals surface area contributed by atoms with E-state index in [1.807, 2.05) is 61.3 Å². The minimum atomic E-state index is -0.984. The van der Waals surface area contributed by atoms with Crippen LogP contribution in [0.1, 0.15) is 15.9 Å². The highest BCUT2D eigenvalue weighted by atomic mass is 32.2. The van der Waals surface area contributed by atoms with E-state index in [9.17, 15) is 9.90 Å². The number of nitrogens with one attached hydrogen (secondary N) is 1. The number of hydrogen-bond donors (Lipinski definition) is 3. The lowest BCUT2D eigenvalue weighted by atomic mass is 10.1. The Kier molecular flexibility index (Phi) is 8.64. The third kappa shape index (κ3) is 6.32. The second-order valence-electron chi connectivity index (χ2n) is 9.06. The number of hydrazone groups is 1. The van der Waals surface area contributed by atoms with Crippen LogP contribution < -0.4 is 11.2 Å². The predicted molar refractivity (Wildman–Crippen MR) is 170 cm³/mol. The molecule has 4 aromatic heterocycles. The number of para-hydroxylation sites is 2. The van der Waals surface area contributed by atoms with Gasteiger partial charge < -0.3 is 20.0 Å². The van der Waals surface area contributed by atoms with Crippen molar-refractivity contribution in [1.82, 2.24) is 44.9 Å². The number of thiocarbonyl (C=S) groups is 1. The Morgan fingerprint density at radius 2 is 1.63 bits per heavy atom. The summed E-state index contributed by atoms with van der Waals surface area (Å²) in [5, 5.41) is 32.0. The number of fused-ring (bicyclic) bond motifs is 2. The Bertz CT molecular complexity index is 2000. The Morgan fingerprint density at radius 1 is 0.977 bits per heavy atom. The maximum absolute atomic E-state index is 11.5. The van der Waals surface area contributed by atoms with Crippen LogP contribution in [0.15, 0.2) is 77.2 Å². The highest BCUT2D eigenvalue weighted by Crippen LogP contribution is 2.26. The SMILES string of the molecule is CSc1nnc(-c2cc(C(=O)O)c3ccccc3n2)n1C.Cn1cnnc1-c1cc(/C=N/NC(N)=S)c2ccccc2n1. The lowest BCUT2D eigenvalue weighted by Crippen LogP contribution is -2.24. The van der Waals surface area contributed by atoms with Gasteiger partial charge in [0.1, 0.15) is 17.7 Å². The van der Waals surface area contributed by atoms with Crippen molar-refractivity contribution in [2.24, 2.45) is 24.9 Å². The quantitative estimate of drug-likeness (QED) is 0.108. The zero-order chi connectivity index (χ0) is 30.5. The number of aryl methyl sites for hydroxylation is 1. The summed E-state index contributed by atoms with van der Waals surface area (Å²) in [7, 11) is 3.70. The fraction of sp³-hybridized carbons (Fsp3) is 0.107. The van der Waals surface area contributed by atoms with Crippen LogP contribution in [0.5, 0.6) is 0 Å². The van der Waals surface area contributed by atoms with E-state index < -0.39 is 5.97 Å². The second kappa shape index (κ2) is 12.7. The van der Waals surface area contributed by atoms with Gasteiger partial charge in [-0.3, -0.25) is 5.43 Å². The van der Waals surface area contributed by atoms with Gasteiger partial charge in [0.2, 0.25) is 0 Å². The number of carbonyl (C=O) groups is 1. The number of aromatic nitrogens is 8. The van der Waals surface area contributed by atoms with Crippen molar-refractivity contribution >= 4 is 63.1 Å². The van der Waals surface area contributed by atoms with E-state index in [0.717, 1.165) is 27.3 Å². The van der Waals surface area contributed by atoms with Gasteiger partial charge in [0.25, 0.3) is 0 Å². The van der Waals surface area contributed by atoms with Crippen molar-refractivity contribution in [1.29, 1.82) is 0 Å². The molecule has 0 aliphatic rings. The molecule has 0 amide bonds. The van der Waals surface area contributed by atoms with Crippen molar-refractivity contribution in [2.45, 2.75) is 5.16 Å². The van der Waals surface area contributed by atoms with E-state index in [0.29, 0.717) is 28.2 Å². The molecule has 15 heteroatoms. The zero-order valence-electron chi connectivity index (χ0n) is 23.2. The first kappa shape index (κ1) is 29.2. The van der Waals surface area contributed by atoms with Crippen LogP contribution >= 0.6 is 24.0 Å². The molecule has 0 aliphatic heterocycles. The monoisotopic (exact) mass is 611 g/mol. The van der Waals surface area contributed by atoms with Crippen LogP contribution in [-0.2, 0) is 14.1 Å². The fourth-order valence-corrected chi connectivity index (χ4v) is 4.82. The lowest BCUT2D eigenvalue weighted by Gasteiger charge is -2.06. The molecule has 0 bridgehead atoms. The molecule has 0 spiro atoms. The second-order valence-corrected chi connectivity index (χ2v) is 10.3. The molecule has 0 saturated carbocycles. The molecule has 0 unspecified atom stereocenters. The molecule has 6 rings (SSSR count). The van der Waals surface area contributed by atoms with Gasteiger partial charge in [-0.25, -0.2) is 14.8 Å². The van der Waals surface area contributed by atoms with E-state index in [-0.39, 0.29) is 10.7 Å². The van der Waals surface area contributed by atoms with E-state index in [1.165, 1.54) is 11.8 Å². The first-order valence-electron chi connectivity index (χ1n) is 12.7. The van der Waals surface area contributed by atoms with Crippen LogP contribution in [-0.4, -0.2) is 68.2 Å². The number of carboxylic acids is 1. The molecule has 0 fully saturated rings. The summed E-state index contributed by atoms with van der Waals surface area (Å²) in [5.41, 5.74) is 11.7. The van der Waals surface area contributed by atoms with Crippen LogP contribution in [0.4, 0.5) is 0 Å². The van der Waals surface area contributed by atoms with Crippen LogP contribution in [0, 0.1) is 0 Å². The molecule has 0 atom stereocenters. The summed E-state index contributed by atoms with van der Waals surface area (Å²) in [4.78, 5) is 20.6. The standard InChI is InChI=1S/C14H13N7S.C14H12N4O2S/c1-21-8-17-19-13(21)12-6-9(7-16-20-14(15)22)10-4-2-3-5-11(10)18-12;1-18-12(16-17-14(18)21-2)11-7-9(13(19)20)8-5-3-4-6-10(8)15-11/h2-8H,1H3,(H3,15,20,22);3-7H,1-2H3,(H,19,20)/b16-7+;. The van der Waals surface area contributed by atoms with E-state index in [2.05, 4.69) is 40.9 Å². The Balaban J connectivity index is 0.000000171. The molecule has 0 saturated heterocycles. The number of nitrogens with two attached hydrogens (primary N) is 1. The number of pyridine rings is 2. The van der Waals surface area contributed by atoms with Gasteiger partial charge in [-0.2, -0.15) is 5.10 Å². The lowest BCUT2D eigenvalue weighted by molar-refractivity contribution is 0.0699. The normalized spacial score (nSPS) is 11.0. The van der Waals surface area contributed by atoms with E-state index in [4.69, 9.17) is 18.0 Å². The van der Waals surface area contributed by atoms with Gasteiger partial charge >= 0.3 is 5.97 Å². The van der Waals surface area contributed by atoms with Crippen molar-refractivity contribution in [3.8, 4) is 23.0 Å². The van der Waals surface area contributed by atoms with Crippen molar-refractivity contribution in [2.75, 3.05) is 6.26 Å². The number of hydrogen-bond acceptors (Lipinski definition) is 10. The summed E-state index contributed by atoms with van der Waals surface area (Å²) < 4.78 is 3.61. The van der Waals surface area contributed by atoms with Gasteiger partial charge in [0.15, 0.2) is 21.9 Å². The van der Waals surface area contributed by atoms with Crippen molar-refractivity contribution in [3.05, 3.63) is 78.1 Å². The summed E-state index contributed by atoms with van der Waals surface area (Å²) in [6.45, 7) is 0. The molecule has 4 N–H and O–H groups in total. The number of thioether (sulfide) groups is 1. The number of aromatic carboxylic acids is 1.